The van der Waals surface area contributed by atoms with E-state index >= 15 is 0 Å². The van der Waals surface area contributed by atoms with E-state index in [-0.39, 0.29) is 31.6 Å². The molecule has 2 unspecified atom stereocenters. The molecule has 3 saturated heterocycles. The molecule has 9 nitrogen and oxygen atoms in total. The average molecular weight is 527 g/mol. The Bertz CT molecular complexity index is 1040. The molecule has 206 valence electrons. The van der Waals surface area contributed by atoms with Crippen LogP contribution in [0, 0.1) is 11.8 Å². The van der Waals surface area contributed by atoms with Crippen LogP contribution in [0.3, 0.4) is 0 Å². The highest BCUT2D eigenvalue weighted by atomic mass is 16.6. The first-order chi connectivity index (χ1) is 18.4. The monoisotopic (exact) mass is 526 g/mol. The predicted octanol–water partition coefficient (Wildman–Crippen LogP) is 2.87. The average Bonchev–Trinajstić information content (AvgIpc) is 3.57. The SMILES string of the molecule is C=CCCOC(=O)[C@@H]1[C@H]2C(=O)N(CCCCCO)C(C(=O)N(CC=C)c3ccc(OC)cc3)C23CC[C@H]1O3. The van der Waals surface area contributed by atoms with E-state index in [0.29, 0.717) is 56.5 Å². The zero-order chi connectivity index (χ0) is 27.3. The molecule has 4 rings (SSSR count). The smallest absolute Gasteiger partial charge is 0.312 e. The van der Waals surface area contributed by atoms with Gasteiger partial charge in [0.2, 0.25) is 5.91 Å². The molecule has 2 bridgehead atoms. The number of anilines is 1. The summed E-state index contributed by atoms with van der Waals surface area (Å²) >= 11 is 0. The minimum atomic E-state index is -1.09. The number of likely N-dealkylation sites (tertiary alicyclic amines) is 1. The quantitative estimate of drug-likeness (QED) is 0.226. The summed E-state index contributed by atoms with van der Waals surface area (Å²) in [7, 11) is 1.58. The van der Waals surface area contributed by atoms with E-state index in [4.69, 9.17) is 14.2 Å². The number of nitrogens with zero attached hydrogens (tertiary/aromatic N) is 2. The van der Waals surface area contributed by atoms with Crippen molar-refractivity contribution in [3.8, 4) is 5.75 Å². The second kappa shape index (κ2) is 12.1. The minimum absolute atomic E-state index is 0.0663. The molecule has 1 N–H and O–H groups in total. The topological polar surface area (TPSA) is 106 Å². The Labute approximate surface area is 224 Å². The van der Waals surface area contributed by atoms with Crippen LogP contribution >= 0.6 is 0 Å². The van der Waals surface area contributed by atoms with Crippen LogP contribution in [0.25, 0.3) is 0 Å². The van der Waals surface area contributed by atoms with E-state index < -0.39 is 35.6 Å². The van der Waals surface area contributed by atoms with Crippen LogP contribution in [0.5, 0.6) is 5.75 Å². The summed E-state index contributed by atoms with van der Waals surface area (Å²) in [5, 5.41) is 9.21. The Hall–Kier alpha value is -3.17. The lowest BCUT2D eigenvalue weighted by Crippen LogP contribution is -2.56. The Morgan fingerprint density at radius 2 is 1.97 bits per heavy atom. The Balaban J connectivity index is 1.68. The van der Waals surface area contributed by atoms with Crippen LogP contribution in [0.15, 0.2) is 49.6 Å². The number of fused-ring (bicyclic) bond motifs is 1. The highest BCUT2D eigenvalue weighted by Crippen LogP contribution is 2.59. The van der Waals surface area contributed by atoms with Crippen molar-refractivity contribution in [3.63, 3.8) is 0 Å². The highest BCUT2D eigenvalue weighted by molar-refractivity contribution is 6.04. The molecule has 3 aliphatic rings. The fourth-order valence-corrected chi connectivity index (χ4v) is 6.21. The number of amides is 2. The molecular formula is C29H38N2O7. The number of hydrogen-bond donors (Lipinski definition) is 1. The van der Waals surface area contributed by atoms with Gasteiger partial charge in [0.25, 0.3) is 5.91 Å². The largest absolute Gasteiger partial charge is 0.497 e. The van der Waals surface area contributed by atoms with Gasteiger partial charge in [-0.25, -0.2) is 0 Å². The molecule has 3 fully saturated rings. The summed E-state index contributed by atoms with van der Waals surface area (Å²) in [4.78, 5) is 44.7. The lowest BCUT2D eigenvalue weighted by atomic mass is 9.70. The van der Waals surface area contributed by atoms with Gasteiger partial charge in [0.15, 0.2) is 0 Å². The van der Waals surface area contributed by atoms with Crippen molar-refractivity contribution in [1.82, 2.24) is 4.90 Å². The number of benzene rings is 1. The number of unbranched alkanes of at least 4 members (excludes halogenated alkanes) is 2. The normalized spacial score (nSPS) is 27.2. The molecule has 9 heteroatoms. The Kier molecular flexibility index (Phi) is 8.89. The first-order valence-corrected chi connectivity index (χ1v) is 13.4. The predicted molar refractivity (Wildman–Crippen MR) is 142 cm³/mol. The van der Waals surface area contributed by atoms with E-state index in [2.05, 4.69) is 13.2 Å². The number of carbonyl (C=O) groups excluding carboxylic acids is 3. The summed E-state index contributed by atoms with van der Waals surface area (Å²) in [5.41, 5.74) is -0.444. The third-order valence-electron chi connectivity index (χ3n) is 7.89. The number of carbonyl (C=O) groups is 3. The molecule has 0 aliphatic carbocycles. The molecule has 2 amide bonds. The van der Waals surface area contributed by atoms with Gasteiger partial charge in [0, 0.05) is 25.4 Å². The lowest BCUT2D eigenvalue weighted by molar-refractivity contribution is -0.155. The molecule has 1 aromatic rings. The van der Waals surface area contributed by atoms with Crippen molar-refractivity contribution in [1.29, 1.82) is 0 Å². The van der Waals surface area contributed by atoms with Gasteiger partial charge >= 0.3 is 5.97 Å². The Morgan fingerprint density at radius 1 is 1.21 bits per heavy atom. The minimum Gasteiger partial charge on any atom is -0.497 e. The first kappa shape index (κ1) is 27.9. The van der Waals surface area contributed by atoms with Gasteiger partial charge in [-0.15, -0.1) is 13.2 Å². The molecule has 1 spiro atoms. The van der Waals surface area contributed by atoms with Crippen molar-refractivity contribution in [2.75, 3.05) is 38.3 Å². The van der Waals surface area contributed by atoms with Crippen LogP contribution in [-0.4, -0.2) is 79.0 Å². The number of ether oxygens (including phenoxy) is 3. The molecule has 38 heavy (non-hydrogen) atoms. The van der Waals surface area contributed by atoms with Crippen LogP contribution < -0.4 is 9.64 Å². The highest BCUT2D eigenvalue weighted by Gasteiger charge is 2.75. The molecule has 1 aromatic carbocycles. The maximum absolute atomic E-state index is 14.4. The van der Waals surface area contributed by atoms with Gasteiger partial charge in [-0.3, -0.25) is 14.4 Å². The summed E-state index contributed by atoms with van der Waals surface area (Å²) in [6.45, 7) is 8.33. The molecular weight excluding hydrogens is 488 g/mol. The van der Waals surface area contributed by atoms with Crippen molar-refractivity contribution in [3.05, 3.63) is 49.6 Å². The number of aliphatic hydroxyl groups excluding tert-OH is 1. The maximum atomic E-state index is 14.4. The number of aliphatic hydroxyl groups is 1. The van der Waals surface area contributed by atoms with E-state index in [1.807, 2.05) is 0 Å². The van der Waals surface area contributed by atoms with Gasteiger partial charge in [-0.1, -0.05) is 12.2 Å². The van der Waals surface area contributed by atoms with E-state index in [0.717, 1.165) is 0 Å². The molecule has 3 heterocycles. The van der Waals surface area contributed by atoms with Gasteiger partial charge in [0.05, 0.1) is 31.7 Å². The fourth-order valence-electron chi connectivity index (χ4n) is 6.21. The number of rotatable bonds is 14. The molecule has 0 aromatic heterocycles. The third kappa shape index (κ3) is 4.97. The van der Waals surface area contributed by atoms with Gasteiger partial charge < -0.3 is 29.1 Å². The third-order valence-corrected chi connectivity index (χ3v) is 7.89. The van der Waals surface area contributed by atoms with Crippen molar-refractivity contribution in [2.45, 2.75) is 56.3 Å². The van der Waals surface area contributed by atoms with Crippen LogP contribution in [0.2, 0.25) is 0 Å². The fraction of sp³-hybridized carbons (Fsp3) is 0.552. The summed E-state index contributed by atoms with van der Waals surface area (Å²) in [6.07, 6.45) is 6.42. The molecule has 0 saturated carbocycles. The zero-order valence-electron chi connectivity index (χ0n) is 22.0. The first-order valence-electron chi connectivity index (χ1n) is 13.4. The van der Waals surface area contributed by atoms with Crippen molar-refractivity contribution in [2.24, 2.45) is 11.8 Å². The van der Waals surface area contributed by atoms with E-state index in [1.54, 1.807) is 53.3 Å². The second-order valence-corrected chi connectivity index (χ2v) is 10.1. The number of esters is 1. The molecule has 3 aliphatic heterocycles. The van der Waals surface area contributed by atoms with E-state index in [9.17, 15) is 19.5 Å². The van der Waals surface area contributed by atoms with Crippen LogP contribution in [0.1, 0.15) is 38.5 Å². The van der Waals surface area contributed by atoms with Crippen LogP contribution in [-0.2, 0) is 23.9 Å². The standard InChI is InChI=1S/C29H38N2O7/c1-4-6-19-37-28(35)23-22-14-15-29(38-22)24(23)26(33)31(17-8-7-9-18-32)25(29)27(34)30(16-5-2)20-10-12-21(36-3)13-11-20/h4-5,10-13,22-25,32H,1-2,6-9,14-19H2,3H3/t22-,23+,24+,25?,29?/m1/s1. The second-order valence-electron chi connectivity index (χ2n) is 10.1. The lowest BCUT2D eigenvalue weighted by Gasteiger charge is -2.36. The summed E-state index contributed by atoms with van der Waals surface area (Å²) in [6, 6.07) is 6.26. The Morgan fingerprint density at radius 3 is 2.63 bits per heavy atom. The maximum Gasteiger partial charge on any atom is 0.312 e. The van der Waals surface area contributed by atoms with Crippen molar-refractivity contribution >= 4 is 23.5 Å². The van der Waals surface area contributed by atoms with Gasteiger partial charge in [0.1, 0.15) is 17.4 Å². The molecule has 0 radical (unpaired) electrons. The van der Waals surface area contributed by atoms with E-state index in [1.165, 1.54) is 0 Å². The van der Waals surface area contributed by atoms with Crippen LogP contribution in [0.4, 0.5) is 5.69 Å². The summed E-state index contributed by atoms with van der Waals surface area (Å²) in [5.74, 6) is -1.82. The van der Waals surface area contributed by atoms with Gasteiger partial charge in [-0.2, -0.15) is 0 Å². The molecule has 5 atom stereocenters. The number of hydrogen-bond acceptors (Lipinski definition) is 7. The van der Waals surface area contributed by atoms with Gasteiger partial charge in [-0.05, 0) is 62.8 Å². The number of methoxy groups -OCH3 is 1. The van der Waals surface area contributed by atoms with Crippen molar-refractivity contribution < 1.29 is 33.7 Å². The zero-order valence-corrected chi connectivity index (χ0v) is 22.0. The summed E-state index contributed by atoms with van der Waals surface area (Å²) < 4.78 is 17.2.